The van der Waals surface area contributed by atoms with E-state index in [0.717, 1.165) is 0 Å². The van der Waals surface area contributed by atoms with Crippen LogP contribution in [0.4, 0.5) is 0 Å². The van der Waals surface area contributed by atoms with Gasteiger partial charge < -0.3 is 10.2 Å². The summed E-state index contributed by atoms with van der Waals surface area (Å²) < 4.78 is 32.1. The van der Waals surface area contributed by atoms with Gasteiger partial charge >= 0.3 is 0 Å². The van der Waals surface area contributed by atoms with Gasteiger partial charge in [-0.15, -0.1) is 0 Å². The first-order valence-electron chi connectivity index (χ1n) is 5.30. The Morgan fingerprint density at radius 1 is 1.63 bits per heavy atom. The van der Waals surface area contributed by atoms with E-state index in [1.54, 1.807) is 6.92 Å². The molecule has 0 amide bonds. The zero-order valence-corrected chi connectivity index (χ0v) is 12.3. The first-order chi connectivity index (χ1) is 8.94. The molecule has 0 spiro atoms. The van der Waals surface area contributed by atoms with Gasteiger partial charge in [-0.3, -0.25) is 5.10 Å². The molecular formula is C9H12BrN5O3S. The summed E-state index contributed by atoms with van der Waals surface area (Å²) in [5.74, 6) is 0.793. The maximum atomic E-state index is 12.2. The van der Waals surface area contributed by atoms with E-state index < -0.39 is 16.1 Å². The number of furan rings is 1. The fourth-order valence-corrected chi connectivity index (χ4v) is 3.66. The molecule has 2 heterocycles. The third kappa shape index (κ3) is 3.03. The van der Waals surface area contributed by atoms with E-state index >= 15 is 0 Å². The molecule has 0 aliphatic carbocycles. The molecule has 0 fully saturated rings. The summed E-state index contributed by atoms with van der Waals surface area (Å²) in [7, 11) is -3.74. The molecule has 10 heteroatoms. The lowest BCUT2D eigenvalue weighted by Gasteiger charge is -2.10. The number of aromatic amines is 1. The molecule has 0 aliphatic rings. The Morgan fingerprint density at radius 2 is 2.37 bits per heavy atom. The lowest BCUT2D eigenvalue weighted by atomic mass is 10.3. The lowest BCUT2D eigenvalue weighted by Crippen LogP contribution is -2.27. The van der Waals surface area contributed by atoms with Crippen LogP contribution in [0.15, 0.2) is 26.4 Å². The van der Waals surface area contributed by atoms with Crippen LogP contribution in [0.25, 0.3) is 0 Å². The number of nitrogens with two attached hydrogens (primary N) is 1. The molecule has 2 rings (SSSR count). The van der Waals surface area contributed by atoms with Crippen LogP contribution in [0.5, 0.6) is 0 Å². The summed E-state index contributed by atoms with van der Waals surface area (Å²) in [6, 6.07) is 0.829. The van der Waals surface area contributed by atoms with Crippen molar-refractivity contribution in [3.05, 3.63) is 28.6 Å². The molecule has 2 aromatic rings. The lowest BCUT2D eigenvalue weighted by molar-refractivity contribution is 0.483. The van der Waals surface area contributed by atoms with Crippen molar-refractivity contribution in [2.75, 3.05) is 0 Å². The van der Waals surface area contributed by atoms with E-state index in [4.69, 9.17) is 10.2 Å². The van der Waals surface area contributed by atoms with Crippen molar-refractivity contribution in [1.82, 2.24) is 19.9 Å². The van der Waals surface area contributed by atoms with Gasteiger partial charge in [0.1, 0.15) is 22.8 Å². The SMILES string of the molecule is CC(NS(=O)(=O)c1cc(CN)oc1Br)c1ncn[nH]1. The predicted molar refractivity (Wildman–Crippen MR) is 69.4 cm³/mol. The Morgan fingerprint density at radius 3 is 2.89 bits per heavy atom. The van der Waals surface area contributed by atoms with Gasteiger partial charge in [0.05, 0.1) is 12.6 Å². The van der Waals surface area contributed by atoms with Crippen molar-refractivity contribution in [2.24, 2.45) is 5.73 Å². The van der Waals surface area contributed by atoms with Gasteiger partial charge in [-0.2, -0.15) is 5.10 Å². The van der Waals surface area contributed by atoms with Crippen molar-refractivity contribution in [1.29, 1.82) is 0 Å². The molecular weight excluding hydrogens is 338 g/mol. The summed E-state index contributed by atoms with van der Waals surface area (Å²) >= 11 is 3.06. The van der Waals surface area contributed by atoms with E-state index in [2.05, 4.69) is 35.8 Å². The van der Waals surface area contributed by atoms with E-state index in [1.165, 1.54) is 12.4 Å². The van der Waals surface area contributed by atoms with Crippen molar-refractivity contribution in [3.63, 3.8) is 0 Å². The molecule has 0 aliphatic heterocycles. The van der Waals surface area contributed by atoms with E-state index in [9.17, 15) is 8.42 Å². The minimum Gasteiger partial charge on any atom is -0.452 e. The van der Waals surface area contributed by atoms with E-state index in [0.29, 0.717) is 11.6 Å². The second kappa shape index (κ2) is 5.41. The van der Waals surface area contributed by atoms with Gasteiger partial charge in [0, 0.05) is 6.07 Å². The maximum absolute atomic E-state index is 12.2. The highest BCUT2D eigenvalue weighted by atomic mass is 79.9. The van der Waals surface area contributed by atoms with Crippen LogP contribution in [-0.4, -0.2) is 23.6 Å². The van der Waals surface area contributed by atoms with Gasteiger partial charge in [0.2, 0.25) is 10.0 Å². The van der Waals surface area contributed by atoms with E-state index in [-0.39, 0.29) is 16.1 Å². The number of halogens is 1. The molecule has 0 radical (unpaired) electrons. The average Bonchev–Trinajstić information content (AvgIpc) is 2.96. The summed E-state index contributed by atoms with van der Waals surface area (Å²) in [5.41, 5.74) is 5.40. The van der Waals surface area contributed by atoms with Gasteiger partial charge in [0.25, 0.3) is 0 Å². The molecule has 19 heavy (non-hydrogen) atoms. The van der Waals surface area contributed by atoms with Crippen LogP contribution in [0.3, 0.4) is 0 Å². The molecule has 2 aromatic heterocycles. The normalized spacial score (nSPS) is 13.6. The number of aromatic nitrogens is 3. The minimum atomic E-state index is -3.74. The van der Waals surface area contributed by atoms with Crippen LogP contribution < -0.4 is 10.5 Å². The van der Waals surface area contributed by atoms with Crippen molar-refractivity contribution < 1.29 is 12.8 Å². The number of sulfonamides is 1. The Hall–Kier alpha value is -1.23. The molecule has 0 bridgehead atoms. The number of nitrogens with zero attached hydrogens (tertiary/aromatic N) is 2. The third-order valence-corrected chi connectivity index (χ3v) is 4.77. The van der Waals surface area contributed by atoms with Gasteiger partial charge in [-0.1, -0.05) is 0 Å². The largest absolute Gasteiger partial charge is 0.452 e. The zero-order valence-electron chi connectivity index (χ0n) is 9.92. The average molecular weight is 350 g/mol. The number of hydrogen-bond donors (Lipinski definition) is 3. The van der Waals surface area contributed by atoms with Crippen molar-refractivity contribution in [3.8, 4) is 0 Å². The Balaban J connectivity index is 2.25. The van der Waals surface area contributed by atoms with E-state index in [1.807, 2.05) is 0 Å². The number of nitrogens with one attached hydrogen (secondary N) is 2. The molecule has 1 atom stereocenters. The Bertz CT molecular complexity index is 651. The van der Waals surface area contributed by atoms with Gasteiger partial charge in [-0.05, 0) is 22.9 Å². The fraction of sp³-hybridized carbons (Fsp3) is 0.333. The van der Waals surface area contributed by atoms with Crippen LogP contribution in [0.2, 0.25) is 0 Å². The van der Waals surface area contributed by atoms with Crippen LogP contribution in [0, 0.1) is 0 Å². The third-order valence-electron chi connectivity index (χ3n) is 2.37. The quantitative estimate of drug-likeness (QED) is 0.727. The summed E-state index contributed by atoms with van der Waals surface area (Å²) in [6.45, 7) is 1.77. The second-order valence-electron chi connectivity index (χ2n) is 3.77. The molecule has 0 saturated carbocycles. The smallest absolute Gasteiger partial charge is 0.245 e. The highest BCUT2D eigenvalue weighted by Crippen LogP contribution is 2.26. The standard InChI is InChI=1S/C9H12BrN5O3S/c1-5(9-12-4-13-14-9)15-19(16,17)7-2-6(3-11)18-8(7)10/h2,4-5,15H,3,11H2,1H3,(H,12,13,14). The summed E-state index contributed by atoms with van der Waals surface area (Å²) in [5, 5.41) is 6.26. The summed E-state index contributed by atoms with van der Waals surface area (Å²) in [6.07, 6.45) is 1.31. The van der Waals surface area contributed by atoms with Crippen LogP contribution >= 0.6 is 15.9 Å². The molecule has 0 aromatic carbocycles. The highest BCUT2D eigenvalue weighted by Gasteiger charge is 2.25. The fourth-order valence-electron chi connectivity index (χ4n) is 1.46. The first kappa shape index (κ1) is 14.2. The van der Waals surface area contributed by atoms with Crippen molar-refractivity contribution >= 4 is 26.0 Å². The number of hydrogen-bond acceptors (Lipinski definition) is 6. The molecule has 4 N–H and O–H groups in total. The first-order valence-corrected chi connectivity index (χ1v) is 7.57. The molecule has 1 unspecified atom stereocenters. The zero-order chi connectivity index (χ0) is 14.0. The molecule has 8 nitrogen and oxygen atoms in total. The monoisotopic (exact) mass is 349 g/mol. The number of rotatable bonds is 5. The minimum absolute atomic E-state index is 0.000634. The topological polar surface area (TPSA) is 127 Å². The van der Waals surface area contributed by atoms with Crippen LogP contribution in [-0.2, 0) is 16.6 Å². The number of H-pyrrole nitrogens is 1. The molecule has 104 valence electrons. The second-order valence-corrected chi connectivity index (χ2v) is 6.17. The summed E-state index contributed by atoms with van der Waals surface area (Å²) in [4.78, 5) is 3.89. The van der Waals surface area contributed by atoms with Crippen molar-refractivity contribution in [2.45, 2.75) is 24.4 Å². The Kier molecular flexibility index (Phi) is 4.04. The van der Waals surface area contributed by atoms with Gasteiger partial charge in [0.15, 0.2) is 4.67 Å². The molecule has 0 saturated heterocycles. The maximum Gasteiger partial charge on any atom is 0.245 e. The van der Waals surface area contributed by atoms with Gasteiger partial charge in [-0.25, -0.2) is 18.1 Å². The predicted octanol–water partition coefficient (Wildman–Crippen LogP) is 0.658. The highest BCUT2D eigenvalue weighted by molar-refractivity contribution is 9.10. The Labute approximate surface area is 118 Å². The van der Waals surface area contributed by atoms with Crippen LogP contribution in [0.1, 0.15) is 24.6 Å².